The van der Waals surface area contributed by atoms with Gasteiger partial charge in [-0.25, -0.2) is 4.79 Å². The van der Waals surface area contributed by atoms with Gasteiger partial charge >= 0.3 is 18.1 Å². The van der Waals surface area contributed by atoms with Crippen LogP contribution < -0.4 is 5.32 Å². The smallest absolute Gasteiger partial charge is 0.417 e. The predicted octanol–water partition coefficient (Wildman–Crippen LogP) is 4.80. The van der Waals surface area contributed by atoms with E-state index in [0.29, 0.717) is 25.1 Å². The summed E-state index contributed by atoms with van der Waals surface area (Å²) in [5, 5.41) is 9.42. The summed E-state index contributed by atoms with van der Waals surface area (Å²) in [6.45, 7) is 7.07. The number of nitrogens with one attached hydrogen (secondary N) is 1. The van der Waals surface area contributed by atoms with Crippen molar-refractivity contribution in [1.29, 1.82) is 0 Å². The van der Waals surface area contributed by atoms with Gasteiger partial charge in [-0.1, -0.05) is 32.9 Å². The number of likely N-dealkylation sites (tertiary alicyclic amines) is 1. The van der Waals surface area contributed by atoms with Crippen LogP contribution in [0.4, 0.5) is 23.7 Å². The molecule has 0 saturated carbocycles. The molecule has 3 rings (SSSR count). The van der Waals surface area contributed by atoms with Crippen LogP contribution in [0, 0.1) is 0 Å². The molecule has 0 aliphatic carbocycles. The molecular formula is C19H23F3N4O2. The van der Waals surface area contributed by atoms with E-state index in [4.69, 9.17) is 4.42 Å². The van der Waals surface area contributed by atoms with Crippen molar-refractivity contribution < 1.29 is 22.4 Å². The largest absolute Gasteiger partial charge is 0.470 e. The van der Waals surface area contributed by atoms with Gasteiger partial charge in [0.05, 0.1) is 5.92 Å². The first-order chi connectivity index (χ1) is 13.0. The third-order valence-electron chi connectivity index (χ3n) is 4.74. The molecule has 0 spiro atoms. The molecule has 152 valence electrons. The zero-order valence-electron chi connectivity index (χ0n) is 16.0. The number of halogens is 3. The molecule has 1 atom stereocenters. The van der Waals surface area contributed by atoms with Crippen LogP contribution in [0.1, 0.15) is 56.9 Å². The van der Waals surface area contributed by atoms with Gasteiger partial charge in [0.2, 0.25) is 5.89 Å². The second-order valence-electron chi connectivity index (χ2n) is 7.99. The van der Waals surface area contributed by atoms with Crippen LogP contribution in [0.5, 0.6) is 0 Å². The number of amides is 2. The molecule has 1 unspecified atom stereocenters. The van der Waals surface area contributed by atoms with Gasteiger partial charge in [0.1, 0.15) is 0 Å². The molecule has 1 aliphatic rings. The summed E-state index contributed by atoms with van der Waals surface area (Å²) in [7, 11) is 0. The number of anilines is 1. The lowest BCUT2D eigenvalue weighted by Crippen LogP contribution is -2.41. The number of piperidine rings is 1. The minimum absolute atomic E-state index is 0.0158. The standard InChI is InChI=1S/C19H23F3N4O2/c1-18(2,3)13-6-8-14(9-7-13)23-17(27)26-10-4-5-12(11-26)15-24-25-16(28-15)19(20,21)22/h6-9,12H,4-5,10-11H2,1-3H3,(H,23,27). The van der Waals surface area contributed by atoms with E-state index in [1.54, 1.807) is 4.90 Å². The third kappa shape index (κ3) is 4.63. The van der Waals surface area contributed by atoms with Crippen LogP contribution in [0.15, 0.2) is 28.7 Å². The molecule has 2 aromatic rings. The van der Waals surface area contributed by atoms with Crippen molar-refractivity contribution in [3.8, 4) is 0 Å². The summed E-state index contributed by atoms with van der Waals surface area (Å²) in [6, 6.07) is 7.31. The maximum Gasteiger partial charge on any atom is 0.470 e. The number of hydrogen-bond donors (Lipinski definition) is 1. The number of benzene rings is 1. The maximum atomic E-state index is 12.6. The maximum absolute atomic E-state index is 12.6. The molecule has 2 heterocycles. The molecule has 9 heteroatoms. The first-order valence-corrected chi connectivity index (χ1v) is 9.11. The van der Waals surface area contributed by atoms with Crippen LogP contribution in [0.25, 0.3) is 0 Å². The molecule has 6 nitrogen and oxygen atoms in total. The predicted molar refractivity (Wildman–Crippen MR) is 97.0 cm³/mol. The summed E-state index contributed by atoms with van der Waals surface area (Å²) in [6.07, 6.45) is -3.44. The SMILES string of the molecule is CC(C)(C)c1ccc(NC(=O)N2CCCC(c3nnc(C(F)(F)F)o3)C2)cc1. The Morgan fingerprint density at radius 2 is 1.86 bits per heavy atom. The van der Waals surface area contributed by atoms with Crippen molar-refractivity contribution >= 4 is 11.7 Å². The van der Waals surface area contributed by atoms with Crippen LogP contribution >= 0.6 is 0 Å². The van der Waals surface area contributed by atoms with Crippen molar-refractivity contribution in [3.63, 3.8) is 0 Å². The zero-order valence-corrected chi connectivity index (χ0v) is 16.0. The van der Waals surface area contributed by atoms with E-state index in [1.807, 2.05) is 24.3 Å². The highest BCUT2D eigenvalue weighted by Gasteiger charge is 2.39. The molecule has 2 amide bonds. The molecule has 1 N–H and O–H groups in total. The number of hydrogen-bond acceptors (Lipinski definition) is 4. The fourth-order valence-corrected chi connectivity index (χ4v) is 3.13. The Balaban J connectivity index is 1.64. The van der Waals surface area contributed by atoms with E-state index in [2.05, 4.69) is 36.3 Å². The molecule has 28 heavy (non-hydrogen) atoms. The van der Waals surface area contributed by atoms with Gasteiger partial charge in [-0.15, -0.1) is 10.2 Å². The van der Waals surface area contributed by atoms with Gasteiger partial charge < -0.3 is 14.6 Å². The van der Waals surface area contributed by atoms with E-state index >= 15 is 0 Å². The van der Waals surface area contributed by atoms with Crippen LogP contribution in [0.3, 0.4) is 0 Å². The van der Waals surface area contributed by atoms with Crippen molar-refractivity contribution in [2.45, 2.75) is 51.1 Å². The van der Waals surface area contributed by atoms with Gasteiger partial charge in [-0.05, 0) is 36.0 Å². The van der Waals surface area contributed by atoms with Gasteiger partial charge in [0, 0.05) is 18.8 Å². The Kier molecular flexibility index (Phi) is 5.36. The van der Waals surface area contributed by atoms with Crippen molar-refractivity contribution in [2.75, 3.05) is 18.4 Å². The van der Waals surface area contributed by atoms with Crippen LogP contribution in [-0.4, -0.2) is 34.2 Å². The minimum atomic E-state index is -4.67. The highest BCUT2D eigenvalue weighted by molar-refractivity contribution is 5.89. The number of rotatable bonds is 2. The summed E-state index contributed by atoms with van der Waals surface area (Å²) < 4.78 is 42.7. The number of carbonyl (C=O) groups excluding carboxylic acids is 1. The summed E-state index contributed by atoms with van der Waals surface area (Å²) >= 11 is 0. The lowest BCUT2D eigenvalue weighted by atomic mass is 9.87. The van der Waals surface area contributed by atoms with Crippen LogP contribution in [-0.2, 0) is 11.6 Å². The van der Waals surface area contributed by atoms with Crippen LogP contribution in [0.2, 0.25) is 0 Å². The van der Waals surface area contributed by atoms with E-state index in [9.17, 15) is 18.0 Å². The minimum Gasteiger partial charge on any atom is -0.417 e. The first-order valence-electron chi connectivity index (χ1n) is 9.11. The fourth-order valence-electron chi connectivity index (χ4n) is 3.13. The average molecular weight is 396 g/mol. The quantitative estimate of drug-likeness (QED) is 0.792. The normalized spacial score (nSPS) is 18.2. The molecule has 1 aromatic carbocycles. The monoisotopic (exact) mass is 396 g/mol. The second-order valence-corrected chi connectivity index (χ2v) is 7.99. The third-order valence-corrected chi connectivity index (χ3v) is 4.74. The Labute approximate surface area is 161 Å². The molecular weight excluding hydrogens is 373 g/mol. The lowest BCUT2D eigenvalue weighted by molar-refractivity contribution is -0.157. The Hall–Kier alpha value is -2.58. The lowest BCUT2D eigenvalue weighted by Gasteiger charge is -2.31. The zero-order chi connectivity index (χ0) is 20.5. The Bertz CT molecular complexity index is 825. The molecule has 1 saturated heterocycles. The van der Waals surface area contributed by atoms with Gasteiger partial charge in [0.25, 0.3) is 0 Å². The van der Waals surface area contributed by atoms with Crippen molar-refractivity contribution in [2.24, 2.45) is 0 Å². The number of aromatic nitrogens is 2. The molecule has 1 aromatic heterocycles. The Morgan fingerprint density at radius 3 is 2.43 bits per heavy atom. The molecule has 0 bridgehead atoms. The fraction of sp³-hybridized carbons (Fsp3) is 0.526. The molecule has 1 fully saturated rings. The van der Waals surface area contributed by atoms with E-state index in [0.717, 1.165) is 5.56 Å². The van der Waals surface area contributed by atoms with Crippen molar-refractivity contribution in [3.05, 3.63) is 41.6 Å². The van der Waals surface area contributed by atoms with E-state index in [1.165, 1.54) is 0 Å². The van der Waals surface area contributed by atoms with E-state index in [-0.39, 0.29) is 23.9 Å². The van der Waals surface area contributed by atoms with Gasteiger partial charge in [-0.3, -0.25) is 0 Å². The highest BCUT2D eigenvalue weighted by Crippen LogP contribution is 2.32. The molecule has 1 aliphatic heterocycles. The number of carbonyl (C=O) groups is 1. The van der Waals surface area contributed by atoms with Crippen molar-refractivity contribution in [1.82, 2.24) is 15.1 Å². The molecule has 0 radical (unpaired) electrons. The average Bonchev–Trinajstić information content (AvgIpc) is 3.12. The van der Waals surface area contributed by atoms with Gasteiger partial charge in [0.15, 0.2) is 0 Å². The topological polar surface area (TPSA) is 71.3 Å². The number of urea groups is 1. The summed E-state index contributed by atoms with van der Waals surface area (Å²) in [4.78, 5) is 14.1. The van der Waals surface area contributed by atoms with E-state index < -0.39 is 18.0 Å². The number of nitrogens with zero attached hydrogens (tertiary/aromatic N) is 3. The van der Waals surface area contributed by atoms with Gasteiger partial charge in [-0.2, -0.15) is 13.2 Å². The number of alkyl halides is 3. The highest BCUT2D eigenvalue weighted by atomic mass is 19.4. The first kappa shape index (κ1) is 20.2. The summed E-state index contributed by atoms with van der Waals surface area (Å²) in [5.74, 6) is -1.85. The Morgan fingerprint density at radius 1 is 1.18 bits per heavy atom. The second kappa shape index (κ2) is 7.44. The summed E-state index contributed by atoms with van der Waals surface area (Å²) in [5.41, 5.74) is 1.83.